The van der Waals surface area contributed by atoms with Crippen LogP contribution in [0.3, 0.4) is 0 Å². The fraction of sp³-hybridized carbons (Fsp3) is 0.455. The molecule has 1 aromatic carbocycles. The van der Waals surface area contributed by atoms with Crippen LogP contribution < -0.4 is 4.72 Å². The first kappa shape index (κ1) is 13.8. The number of halogens is 1. The van der Waals surface area contributed by atoms with Crippen LogP contribution in [0.2, 0.25) is 5.02 Å². The van der Waals surface area contributed by atoms with Crippen LogP contribution in [-0.4, -0.2) is 39.0 Å². The molecule has 1 aliphatic heterocycles. The second-order valence-corrected chi connectivity index (χ2v) is 6.16. The Hall–Kier alpha value is -0.660. The second kappa shape index (κ2) is 5.99. The Morgan fingerprint density at radius 1 is 1.22 bits per heavy atom. The van der Waals surface area contributed by atoms with E-state index >= 15 is 0 Å². The van der Waals surface area contributed by atoms with Crippen molar-refractivity contribution in [2.75, 3.05) is 26.3 Å². The summed E-state index contributed by atoms with van der Waals surface area (Å²) in [6.07, 6.45) is 0. The lowest BCUT2D eigenvalue weighted by Crippen LogP contribution is -2.46. The molecule has 2 rings (SSSR count). The SMILES string of the molecule is O=S(=O)(NCc1ccc(Cl)cc1)N1CCOCC1. The molecule has 5 nitrogen and oxygen atoms in total. The van der Waals surface area contributed by atoms with Crippen LogP contribution in [-0.2, 0) is 21.5 Å². The van der Waals surface area contributed by atoms with Gasteiger partial charge in [0, 0.05) is 24.7 Å². The lowest BCUT2D eigenvalue weighted by Gasteiger charge is -2.26. The Labute approximate surface area is 112 Å². The van der Waals surface area contributed by atoms with Crippen LogP contribution >= 0.6 is 11.6 Å². The third kappa shape index (κ3) is 3.66. The third-order valence-corrected chi connectivity index (χ3v) is 4.49. The van der Waals surface area contributed by atoms with Crippen molar-refractivity contribution in [1.82, 2.24) is 9.03 Å². The van der Waals surface area contributed by atoms with Crippen molar-refractivity contribution < 1.29 is 13.2 Å². The summed E-state index contributed by atoms with van der Waals surface area (Å²) in [5.74, 6) is 0. The molecule has 0 unspecified atom stereocenters. The van der Waals surface area contributed by atoms with Crippen molar-refractivity contribution in [1.29, 1.82) is 0 Å². The fourth-order valence-electron chi connectivity index (χ4n) is 1.66. The molecule has 0 aliphatic carbocycles. The van der Waals surface area contributed by atoms with Gasteiger partial charge >= 0.3 is 0 Å². The van der Waals surface area contributed by atoms with E-state index in [-0.39, 0.29) is 6.54 Å². The van der Waals surface area contributed by atoms with E-state index in [4.69, 9.17) is 16.3 Å². The summed E-state index contributed by atoms with van der Waals surface area (Å²) in [6, 6.07) is 7.06. The van der Waals surface area contributed by atoms with Gasteiger partial charge in [-0.3, -0.25) is 0 Å². The Morgan fingerprint density at radius 3 is 2.44 bits per heavy atom. The molecule has 0 radical (unpaired) electrons. The zero-order valence-corrected chi connectivity index (χ0v) is 11.4. The van der Waals surface area contributed by atoms with E-state index in [0.717, 1.165) is 5.56 Å². The zero-order valence-electron chi connectivity index (χ0n) is 9.80. The number of nitrogens with zero attached hydrogens (tertiary/aromatic N) is 1. The van der Waals surface area contributed by atoms with Crippen LogP contribution in [0.1, 0.15) is 5.56 Å². The maximum Gasteiger partial charge on any atom is 0.279 e. The predicted molar refractivity (Wildman–Crippen MR) is 69.6 cm³/mol. The van der Waals surface area contributed by atoms with Gasteiger partial charge in [-0.1, -0.05) is 23.7 Å². The first-order valence-electron chi connectivity index (χ1n) is 5.65. The van der Waals surface area contributed by atoms with Gasteiger partial charge in [0.2, 0.25) is 0 Å². The fourth-order valence-corrected chi connectivity index (χ4v) is 2.94. The molecule has 1 saturated heterocycles. The lowest BCUT2D eigenvalue weighted by atomic mass is 10.2. The van der Waals surface area contributed by atoms with Gasteiger partial charge in [-0.25, -0.2) is 0 Å². The van der Waals surface area contributed by atoms with Gasteiger partial charge in [0.05, 0.1) is 13.2 Å². The van der Waals surface area contributed by atoms with E-state index in [9.17, 15) is 8.42 Å². The quantitative estimate of drug-likeness (QED) is 0.900. The average Bonchev–Trinajstić information content (AvgIpc) is 2.39. The third-order valence-electron chi connectivity index (χ3n) is 2.68. The van der Waals surface area contributed by atoms with E-state index in [1.807, 2.05) is 0 Å². The summed E-state index contributed by atoms with van der Waals surface area (Å²) >= 11 is 5.76. The molecular formula is C11H15ClN2O3S. The molecule has 0 bridgehead atoms. The molecule has 0 spiro atoms. The van der Waals surface area contributed by atoms with E-state index in [1.54, 1.807) is 24.3 Å². The highest BCUT2D eigenvalue weighted by molar-refractivity contribution is 7.87. The topological polar surface area (TPSA) is 58.6 Å². The molecular weight excluding hydrogens is 276 g/mol. The minimum absolute atomic E-state index is 0.261. The average molecular weight is 291 g/mol. The van der Waals surface area contributed by atoms with E-state index in [1.165, 1.54) is 4.31 Å². The highest BCUT2D eigenvalue weighted by atomic mass is 35.5. The highest BCUT2D eigenvalue weighted by Gasteiger charge is 2.23. The Bertz CT molecular complexity index is 484. The number of rotatable bonds is 4. The molecule has 7 heteroatoms. The van der Waals surface area contributed by atoms with Gasteiger partial charge in [0.15, 0.2) is 0 Å². The van der Waals surface area contributed by atoms with Crippen molar-refractivity contribution in [3.8, 4) is 0 Å². The molecule has 1 N–H and O–H groups in total. The molecule has 0 atom stereocenters. The summed E-state index contributed by atoms with van der Waals surface area (Å²) in [5, 5.41) is 0.634. The summed E-state index contributed by atoms with van der Waals surface area (Å²) in [4.78, 5) is 0. The van der Waals surface area contributed by atoms with Crippen LogP contribution in [0, 0.1) is 0 Å². The van der Waals surface area contributed by atoms with Crippen LogP contribution in [0.15, 0.2) is 24.3 Å². The van der Waals surface area contributed by atoms with Gasteiger partial charge in [0.25, 0.3) is 10.2 Å². The molecule has 1 fully saturated rings. The van der Waals surface area contributed by atoms with Crippen molar-refractivity contribution in [2.45, 2.75) is 6.54 Å². The van der Waals surface area contributed by atoms with Crippen molar-refractivity contribution in [3.05, 3.63) is 34.9 Å². The number of ether oxygens (including phenoxy) is 1. The van der Waals surface area contributed by atoms with Crippen molar-refractivity contribution in [3.63, 3.8) is 0 Å². The highest BCUT2D eigenvalue weighted by Crippen LogP contribution is 2.10. The normalized spacial score (nSPS) is 17.8. The van der Waals surface area contributed by atoms with E-state index in [0.29, 0.717) is 31.3 Å². The molecule has 0 saturated carbocycles. The van der Waals surface area contributed by atoms with Gasteiger partial charge in [-0.2, -0.15) is 17.4 Å². The Morgan fingerprint density at radius 2 is 1.83 bits per heavy atom. The standard InChI is InChI=1S/C11H15ClN2O3S/c12-11-3-1-10(2-4-11)9-13-18(15,16)14-5-7-17-8-6-14/h1-4,13H,5-9H2. The summed E-state index contributed by atoms with van der Waals surface area (Å²) < 4.78 is 33.0. The first-order chi connectivity index (χ1) is 8.58. The van der Waals surface area contributed by atoms with Gasteiger partial charge in [-0.05, 0) is 17.7 Å². The van der Waals surface area contributed by atoms with Gasteiger partial charge in [0.1, 0.15) is 0 Å². The maximum atomic E-state index is 12.0. The number of nitrogens with one attached hydrogen (secondary N) is 1. The molecule has 1 aromatic rings. The minimum atomic E-state index is -3.42. The second-order valence-electron chi connectivity index (χ2n) is 3.96. The maximum absolute atomic E-state index is 12.0. The summed E-state index contributed by atoms with van der Waals surface area (Å²) in [7, 11) is -3.42. The molecule has 0 aromatic heterocycles. The van der Waals surface area contributed by atoms with Gasteiger partial charge < -0.3 is 4.74 Å². The number of hydrogen-bond donors (Lipinski definition) is 1. The molecule has 100 valence electrons. The number of morpholine rings is 1. The van der Waals surface area contributed by atoms with Crippen LogP contribution in [0.4, 0.5) is 0 Å². The van der Waals surface area contributed by atoms with E-state index in [2.05, 4.69) is 4.72 Å². The van der Waals surface area contributed by atoms with Crippen LogP contribution in [0.5, 0.6) is 0 Å². The number of hydrogen-bond acceptors (Lipinski definition) is 3. The van der Waals surface area contributed by atoms with E-state index < -0.39 is 10.2 Å². The molecule has 0 amide bonds. The monoisotopic (exact) mass is 290 g/mol. The van der Waals surface area contributed by atoms with Crippen LogP contribution in [0.25, 0.3) is 0 Å². The van der Waals surface area contributed by atoms with Gasteiger partial charge in [-0.15, -0.1) is 0 Å². The predicted octanol–water partition coefficient (Wildman–Crippen LogP) is 1.01. The molecule has 1 aliphatic rings. The first-order valence-corrected chi connectivity index (χ1v) is 7.47. The molecule has 18 heavy (non-hydrogen) atoms. The lowest BCUT2D eigenvalue weighted by molar-refractivity contribution is 0.0725. The molecule has 1 heterocycles. The smallest absolute Gasteiger partial charge is 0.279 e. The van der Waals surface area contributed by atoms with Crippen molar-refractivity contribution >= 4 is 21.8 Å². The Balaban J connectivity index is 1.94. The summed E-state index contributed by atoms with van der Waals surface area (Å²) in [5.41, 5.74) is 0.872. The number of benzene rings is 1. The van der Waals surface area contributed by atoms with Crippen molar-refractivity contribution in [2.24, 2.45) is 0 Å². The Kier molecular flexibility index (Phi) is 4.58. The largest absolute Gasteiger partial charge is 0.379 e. The minimum Gasteiger partial charge on any atom is -0.379 e. The summed E-state index contributed by atoms with van der Waals surface area (Å²) in [6.45, 7) is 1.95. The zero-order chi connectivity index (χ0) is 13.0.